The Hall–Kier alpha value is -1.41. The lowest BCUT2D eigenvalue weighted by Gasteiger charge is -2.08. The molecule has 2 aromatic rings. The van der Waals surface area contributed by atoms with Gasteiger partial charge in [0, 0.05) is 22.9 Å². The molecule has 0 aromatic heterocycles. The molecule has 94 valence electrons. The topological polar surface area (TPSA) is 12.0 Å². The van der Waals surface area contributed by atoms with Crippen LogP contribution < -0.4 is 5.32 Å². The van der Waals surface area contributed by atoms with Gasteiger partial charge >= 0.3 is 0 Å². The van der Waals surface area contributed by atoms with Gasteiger partial charge in [0.2, 0.25) is 0 Å². The van der Waals surface area contributed by atoms with E-state index >= 15 is 0 Å². The molecule has 2 aromatic carbocycles. The van der Waals surface area contributed by atoms with E-state index in [2.05, 4.69) is 67.7 Å². The Kier molecular flexibility index (Phi) is 4.71. The summed E-state index contributed by atoms with van der Waals surface area (Å²) in [6.45, 7) is 5.26. The van der Waals surface area contributed by atoms with Gasteiger partial charge in [-0.25, -0.2) is 0 Å². The Morgan fingerprint density at radius 2 is 1.61 bits per heavy atom. The van der Waals surface area contributed by atoms with Crippen LogP contribution >= 0.6 is 11.8 Å². The van der Waals surface area contributed by atoms with Crippen LogP contribution in [0.5, 0.6) is 0 Å². The van der Waals surface area contributed by atoms with Crippen molar-refractivity contribution in [3.8, 4) is 0 Å². The van der Waals surface area contributed by atoms with Crippen LogP contribution in [0.3, 0.4) is 0 Å². The third-order valence-corrected chi connectivity index (χ3v) is 3.68. The Labute approximate surface area is 114 Å². The number of anilines is 1. The molecule has 1 N–H and O–H groups in total. The third kappa shape index (κ3) is 4.11. The average Bonchev–Trinajstić information content (AvgIpc) is 2.35. The van der Waals surface area contributed by atoms with E-state index in [1.54, 1.807) is 0 Å². The van der Waals surface area contributed by atoms with Crippen LogP contribution in [-0.4, -0.2) is 12.3 Å². The zero-order chi connectivity index (χ0) is 12.8. The molecule has 0 spiro atoms. The van der Waals surface area contributed by atoms with Crippen molar-refractivity contribution in [2.45, 2.75) is 18.7 Å². The highest BCUT2D eigenvalue weighted by Gasteiger charge is 1.96. The zero-order valence-corrected chi connectivity index (χ0v) is 11.8. The lowest BCUT2D eigenvalue weighted by molar-refractivity contribution is 1.21. The van der Waals surface area contributed by atoms with E-state index < -0.39 is 0 Å². The van der Waals surface area contributed by atoms with E-state index in [0.29, 0.717) is 0 Å². The maximum absolute atomic E-state index is 3.48. The highest BCUT2D eigenvalue weighted by molar-refractivity contribution is 7.99. The average molecular weight is 257 g/mol. The number of hydrogen-bond donors (Lipinski definition) is 1. The maximum Gasteiger partial charge on any atom is 0.0345 e. The van der Waals surface area contributed by atoms with Gasteiger partial charge in [-0.3, -0.25) is 0 Å². The first-order valence-electron chi connectivity index (χ1n) is 6.24. The first-order valence-corrected chi connectivity index (χ1v) is 7.22. The van der Waals surface area contributed by atoms with Crippen LogP contribution in [0, 0.1) is 13.8 Å². The largest absolute Gasteiger partial charge is 0.384 e. The number of benzene rings is 2. The highest BCUT2D eigenvalue weighted by Crippen LogP contribution is 2.17. The molecule has 0 radical (unpaired) electrons. The summed E-state index contributed by atoms with van der Waals surface area (Å²) in [5.41, 5.74) is 3.85. The molecule has 0 bridgehead atoms. The quantitative estimate of drug-likeness (QED) is 0.625. The van der Waals surface area contributed by atoms with Crippen LogP contribution in [0.25, 0.3) is 0 Å². The molecule has 0 aliphatic carbocycles. The Balaban J connectivity index is 1.78. The van der Waals surface area contributed by atoms with E-state index in [-0.39, 0.29) is 0 Å². The fourth-order valence-electron chi connectivity index (χ4n) is 1.96. The molecule has 1 nitrogen and oxygen atoms in total. The summed E-state index contributed by atoms with van der Waals surface area (Å²) in [4.78, 5) is 1.33. The highest BCUT2D eigenvalue weighted by atomic mass is 32.2. The molecule has 0 aliphatic heterocycles. The second-order valence-corrected chi connectivity index (χ2v) is 5.63. The molecule has 18 heavy (non-hydrogen) atoms. The van der Waals surface area contributed by atoms with Gasteiger partial charge in [-0.2, -0.15) is 0 Å². The van der Waals surface area contributed by atoms with Gasteiger partial charge in [0.1, 0.15) is 0 Å². The van der Waals surface area contributed by atoms with Crippen molar-refractivity contribution in [3.63, 3.8) is 0 Å². The van der Waals surface area contributed by atoms with Gasteiger partial charge in [0.15, 0.2) is 0 Å². The molecule has 0 saturated heterocycles. The smallest absolute Gasteiger partial charge is 0.0345 e. The molecule has 0 atom stereocenters. The Morgan fingerprint density at radius 3 is 2.28 bits per heavy atom. The minimum Gasteiger partial charge on any atom is -0.384 e. The first kappa shape index (κ1) is 13.0. The Morgan fingerprint density at radius 1 is 0.944 bits per heavy atom. The molecule has 0 heterocycles. The van der Waals surface area contributed by atoms with Crippen LogP contribution in [-0.2, 0) is 0 Å². The van der Waals surface area contributed by atoms with Crippen LogP contribution in [0.4, 0.5) is 5.69 Å². The van der Waals surface area contributed by atoms with Crippen molar-refractivity contribution in [2.75, 3.05) is 17.6 Å². The minimum atomic E-state index is 0.989. The fourth-order valence-corrected chi connectivity index (χ4v) is 2.75. The first-order chi connectivity index (χ1) is 8.74. The van der Waals surface area contributed by atoms with E-state index in [9.17, 15) is 0 Å². The van der Waals surface area contributed by atoms with Crippen molar-refractivity contribution in [1.82, 2.24) is 0 Å². The van der Waals surface area contributed by atoms with Gasteiger partial charge < -0.3 is 5.32 Å². The van der Waals surface area contributed by atoms with Crippen LogP contribution in [0.1, 0.15) is 11.1 Å². The molecular formula is C16H19NS. The minimum absolute atomic E-state index is 0.989. The predicted molar refractivity (Wildman–Crippen MR) is 81.6 cm³/mol. The molecule has 0 unspecified atom stereocenters. The van der Waals surface area contributed by atoms with Crippen molar-refractivity contribution < 1.29 is 0 Å². The van der Waals surface area contributed by atoms with Gasteiger partial charge in [0.25, 0.3) is 0 Å². The van der Waals surface area contributed by atoms with Crippen molar-refractivity contribution in [1.29, 1.82) is 0 Å². The van der Waals surface area contributed by atoms with Gasteiger partial charge in [-0.1, -0.05) is 24.3 Å². The molecular weight excluding hydrogens is 238 g/mol. The third-order valence-electron chi connectivity index (χ3n) is 2.66. The number of hydrogen-bond acceptors (Lipinski definition) is 2. The second kappa shape index (κ2) is 6.50. The molecule has 0 saturated carbocycles. The summed E-state index contributed by atoms with van der Waals surface area (Å²) < 4.78 is 0. The molecule has 2 rings (SSSR count). The number of nitrogens with one attached hydrogen (secondary N) is 1. The standard InChI is InChI=1S/C16H19NS/c1-13-10-14(2)12-15(11-13)17-8-9-18-16-6-4-3-5-7-16/h3-7,10-12,17H,8-9H2,1-2H3. The predicted octanol–water partition coefficient (Wildman–Crippen LogP) is 4.51. The lowest BCUT2D eigenvalue weighted by atomic mass is 10.1. The normalized spacial score (nSPS) is 10.3. The van der Waals surface area contributed by atoms with E-state index in [1.807, 2.05) is 11.8 Å². The monoisotopic (exact) mass is 257 g/mol. The lowest BCUT2D eigenvalue weighted by Crippen LogP contribution is -2.04. The molecule has 0 fully saturated rings. The van der Waals surface area contributed by atoms with Gasteiger partial charge in [-0.05, 0) is 49.2 Å². The number of rotatable bonds is 5. The fraction of sp³-hybridized carbons (Fsp3) is 0.250. The van der Waals surface area contributed by atoms with Crippen LogP contribution in [0.15, 0.2) is 53.4 Å². The summed E-state index contributed by atoms with van der Waals surface area (Å²) in [5, 5.41) is 3.48. The van der Waals surface area contributed by atoms with E-state index in [1.165, 1.54) is 21.7 Å². The Bertz CT molecular complexity index is 473. The molecule has 0 amide bonds. The summed E-state index contributed by atoms with van der Waals surface area (Å²) in [7, 11) is 0. The SMILES string of the molecule is Cc1cc(C)cc(NCCSc2ccccc2)c1. The summed E-state index contributed by atoms with van der Waals surface area (Å²) in [5.74, 6) is 1.08. The molecule has 0 aliphatic rings. The second-order valence-electron chi connectivity index (χ2n) is 4.46. The van der Waals surface area contributed by atoms with Crippen molar-refractivity contribution in [2.24, 2.45) is 0 Å². The number of thioether (sulfide) groups is 1. The van der Waals surface area contributed by atoms with Crippen molar-refractivity contribution >= 4 is 17.4 Å². The molecule has 2 heteroatoms. The summed E-state index contributed by atoms with van der Waals surface area (Å²) in [6.07, 6.45) is 0. The van der Waals surface area contributed by atoms with Gasteiger partial charge in [-0.15, -0.1) is 11.8 Å². The van der Waals surface area contributed by atoms with E-state index in [0.717, 1.165) is 12.3 Å². The van der Waals surface area contributed by atoms with Crippen LogP contribution in [0.2, 0.25) is 0 Å². The van der Waals surface area contributed by atoms with E-state index in [4.69, 9.17) is 0 Å². The summed E-state index contributed by atoms with van der Waals surface area (Å²) in [6, 6.07) is 17.1. The zero-order valence-electron chi connectivity index (χ0n) is 10.9. The maximum atomic E-state index is 3.48. The number of aryl methyl sites for hydroxylation is 2. The van der Waals surface area contributed by atoms with Crippen molar-refractivity contribution in [3.05, 3.63) is 59.7 Å². The summed E-state index contributed by atoms with van der Waals surface area (Å²) >= 11 is 1.89. The van der Waals surface area contributed by atoms with Gasteiger partial charge in [0.05, 0.1) is 0 Å².